The SMILES string of the molecule is C=CC[N+](C)(C)C.CN(C)[C@@H]1C(O)=C(C(N)=O)C(=O)[C@@]2(O)C(O)=C3C(=O)c4c(O)cccc4[C@@](C)(O)[C@H]3[C@H](O)[C@@H]12.O.O.[CaH2]. The number of amides is 1. The van der Waals surface area contributed by atoms with Crippen molar-refractivity contribution in [1.82, 2.24) is 4.90 Å². The van der Waals surface area contributed by atoms with Gasteiger partial charge < -0.3 is 51.8 Å². The van der Waals surface area contributed by atoms with Gasteiger partial charge in [0, 0.05) is 0 Å². The number of hydrogen-bond acceptors (Lipinski definition) is 10. The van der Waals surface area contributed by atoms with E-state index in [4.69, 9.17) is 5.73 Å². The molecule has 0 unspecified atom stereocenters. The molecule has 0 saturated carbocycles. The summed E-state index contributed by atoms with van der Waals surface area (Å²) in [5, 5.41) is 66.5. The van der Waals surface area contributed by atoms with E-state index in [1.807, 2.05) is 6.08 Å². The molecule has 238 valence electrons. The Labute approximate surface area is 279 Å². The van der Waals surface area contributed by atoms with Gasteiger partial charge in [0.15, 0.2) is 11.4 Å². The molecule has 1 aromatic carbocycles. The van der Waals surface area contributed by atoms with Gasteiger partial charge in [-0.3, -0.25) is 19.3 Å². The molecule has 0 aromatic heterocycles. The Balaban J connectivity index is 0.00000158. The molecule has 1 amide bonds. The van der Waals surface area contributed by atoms with E-state index in [0.29, 0.717) is 0 Å². The number of fused-ring (bicyclic) bond motifs is 3. The number of aromatic hydroxyl groups is 1. The fourth-order valence-corrected chi connectivity index (χ4v) is 5.99. The van der Waals surface area contributed by atoms with Gasteiger partial charge >= 0.3 is 37.7 Å². The summed E-state index contributed by atoms with van der Waals surface area (Å²) in [6.07, 6.45) is 0.0586. The molecule has 0 fully saturated rings. The molecule has 0 saturated heterocycles. The van der Waals surface area contributed by atoms with Crippen LogP contribution in [0.15, 0.2) is 53.5 Å². The minimum atomic E-state index is -3.02. The molecule has 0 radical (unpaired) electrons. The second-order valence-electron chi connectivity index (χ2n) is 11.8. The summed E-state index contributed by atoms with van der Waals surface area (Å²) in [5.41, 5.74) is -1.88. The Kier molecular flexibility index (Phi) is 13.0. The molecule has 0 aliphatic heterocycles. The van der Waals surface area contributed by atoms with Gasteiger partial charge in [0.1, 0.15) is 22.8 Å². The molecule has 14 nitrogen and oxygen atoms in total. The number of carbonyl (C=O) groups is 3. The van der Waals surface area contributed by atoms with Gasteiger partial charge in [-0.1, -0.05) is 18.7 Å². The number of aliphatic hydroxyl groups excluding tert-OH is 3. The maximum atomic E-state index is 13.3. The van der Waals surface area contributed by atoms with Crippen molar-refractivity contribution >= 4 is 55.2 Å². The third-order valence-corrected chi connectivity index (χ3v) is 7.71. The molecule has 3 aliphatic carbocycles. The van der Waals surface area contributed by atoms with Crippen LogP contribution in [0.3, 0.4) is 0 Å². The summed E-state index contributed by atoms with van der Waals surface area (Å²) in [4.78, 5) is 39.8. The van der Waals surface area contributed by atoms with Gasteiger partial charge in [-0.15, -0.1) is 0 Å². The van der Waals surface area contributed by atoms with Crippen molar-refractivity contribution in [3.63, 3.8) is 0 Å². The van der Waals surface area contributed by atoms with E-state index in [1.165, 1.54) is 44.1 Å². The zero-order valence-electron chi connectivity index (χ0n) is 24.4. The summed E-state index contributed by atoms with van der Waals surface area (Å²) < 4.78 is 0.976. The number of ketones is 2. The number of phenolic OH excluding ortho intramolecular Hbond substituents is 1. The number of nitrogens with two attached hydrogens (primary N) is 1. The van der Waals surface area contributed by atoms with E-state index >= 15 is 0 Å². The van der Waals surface area contributed by atoms with Crippen molar-refractivity contribution < 1.29 is 60.5 Å². The zero-order valence-corrected chi connectivity index (χ0v) is 24.4. The fourth-order valence-electron chi connectivity index (χ4n) is 5.99. The van der Waals surface area contributed by atoms with E-state index < -0.39 is 81.1 Å². The summed E-state index contributed by atoms with van der Waals surface area (Å²) in [6, 6.07) is 2.54. The summed E-state index contributed by atoms with van der Waals surface area (Å²) in [5.74, 6) is -9.66. The standard InChI is InChI=1S/C22H24N2O9.C6H14N.Ca.2H2O.2H/c1-21(32)7-5-4-6-8(25)9(7)15(26)10-12(21)17(28)13-14(24(2)3)16(27)11(20(23)31)19(30)22(13,33)18(10)29;1-5-6-7(2,3)4;;;;;/h4-6,12-14,17,25,27-29,32-33H,1-3H3,(H2,23,31);5H,1,6H2,2-4H3;;2*1H2;;/q;+1;;;;;/t12-,13-,14+,17+,21-,22+;;;;;;/m1....../s1. The molecular weight excluding hydrogens is 594 g/mol. The van der Waals surface area contributed by atoms with Gasteiger partial charge in [-0.25, -0.2) is 0 Å². The van der Waals surface area contributed by atoms with Crippen LogP contribution >= 0.6 is 0 Å². The molecular formula is C28H44CaN3O11+. The van der Waals surface area contributed by atoms with Crippen LogP contribution in [0.1, 0.15) is 22.8 Å². The van der Waals surface area contributed by atoms with Crippen LogP contribution in [0.2, 0.25) is 0 Å². The van der Waals surface area contributed by atoms with Crippen LogP contribution in [-0.4, -0.2) is 166 Å². The number of aliphatic hydroxyl groups is 5. The number of likely N-dealkylation sites (N-methyl/N-ethyl adjacent to an activating group) is 2. The third-order valence-electron chi connectivity index (χ3n) is 7.71. The number of carbonyl (C=O) groups excluding carboxylic acids is 3. The van der Waals surface area contributed by atoms with Crippen molar-refractivity contribution in [2.24, 2.45) is 17.6 Å². The fraction of sp³-hybridized carbons (Fsp3) is 0.464. The van der Waals surface area contributed by atoms with E-state index in [1.54, 1.807) is 0 Å². The first-order valence-electron chi connectivity index (χ1n) is 12.6. The van der Waals surface area contributed by atoms with E-state index in [9.17, 15) is 45.0 Å². The number of hydrogen-bond donors (Lipinski definition) is 7. The van der Waals surface area contributed by atoms with Crippen molar-refractivity contribution in [3.8, 4) is 5.75 Å². The Hall–Kier alpha value is -2.37. The van der Waals surface area contributed by atoms with E-state index in [-0.39, 0.29) is 59.8 Å². The number of benzene rings is 1. The van der Waals surface area contributed by atoms with Crippen LogP contribution in [0.5, 0.6) is 5.75 Å². The first-order chi connectivity index (χ1) is 18.3. The predicted molar refractivity (Wildman–Crippen MR) is 160 cm³/mol. The molecule has 15 heteroatoms. The first-order valence-corrected chi connectivity index (χ1v) is 12.6. The monoisotopic (exact) mass is 638 g/mol. The Morgan fingerprint density at radius 3 is 2.07 bits per heavy atom. The van der Waals surface area contributed by atoms with Gasteiger partial charge in [0.25, 0.3) is 5.91 Å². The number of rotatable bonds is 4. The van der Waals surface area contributed by atoms with Gasteiger partial charge in [0.05, 0.1) is 68.4 Å². The van der Waals surface area contributed by atoms with Crippen molar-refractivity contribution in [1.29, 1.82) is 0 Å². The quantitative estimate of drug-likeness (QED) is 0.0764. The summed E-state index contributed by atoms with van der Waals surface area (Å²) in [7, 11) is 9.28. The van der Waals surface area contributed by atoms with Gasteiger partial charge in [-0.05, 0) is 38.7 Å². The van der Waals surface area contributed by atoms with E-state index in [2.05, 4.69) is 27.7 Å². The van der Waals surface area contributed by atoms with Crippen LogP contribution in [0, 0.1) is 11.8 Å². The topological polar surface area (TPSA) is 265 Å². The number of nitrogens with zero attached hydrogens (tertiary/aromatic N) is 2. The predicted octanol–water partition coefficient (Wildman–Crippen LogP) is -2.93. The van der Waals surface area contributed by atoms with E-state index in [0.717, 1.165) is 11.0 Å². The maximum absolute atomic E-state index is 13.3. The molecule has 1 aromatic rings. The Morgan fingerprint density at radius 1 is 1.12 bits per heavy atom. The average Bonchev–Trinajstić information content (AvgIpc) is 2.81. The second-order valence-corrected chi connectivity index (χ2v) is 11.8. The average molecular weight is 639 g/mol. The molecule has 0 spiro atoms. The number of phenols is 1. The normalized spacial score (nSPS) is 29.4. The Morgan fingerprint density at radius 2 is 1.65 bits per heavy atom. The zero-order chi connectivity index (χ0) is 30.7. The third kappa shape index (κ3) is 6.40. The molecule has 0 bridgehead atoms. The van der Waals surface area contributed by atoms with Crippen LogP contribution < -0.4 is 5.73 Å². The molecule has 43 heavy (non-hydrogen) atoms. The molecule has 4 rings (SSSR count). The van der Waals surface area contributed by atoms with Crippen molar-refractivity contribution in [3.05, 3.63) is 64.6 Å². The first kappa shape index (κ1) is 40.6. The molecule has 12 N–H and O–H groups in total. The molecule has 6 atom stereocenters. The van der Waals surface area contributed by atoms with Crippen molar-refractivity contribution in [2.45, 2.75) is 30.3 Å². The van der Waals surface area contributed by atoms with Crippen molar-refractivity contribution in [2.75, 3.05) is 41.8 Å². The number of Topliss-reactive ketones (excluding diaryl/α,β-unsaturated/α-hetero) is 2. The van der Waals surface area contributed by atoms with Gasteiger partial charge in [0.2, 0.25) is 5.78 Å². The van der Waals surface area contributed by atoms with Gasteiger partial charge in [-0.2, -0.15) is 0 Å². The number of primary amides is 1. The minimum absolute atomic E-state index is 0. The second kappa shape index (κ2) is 13.7. The van der Waals surface area contributed by atoms with Crippen LogP contribution in [0.4, 0.5) is 0 Å². The number of quaternary nitrogens is 1. The van der Waals surface area contributed by atoms with Crippen LogP contribution in [-0.2, 0) is 15.2 Å². The summed E-state index contributed by atoms with van der Waals surface area (Å²) >= 11 is 0. The summed E-state index contributed by atoms with van der Waals surface area (Å²) in [6.45, 7) is 5.93. The molecule has 0 heterocycles. The molecule has 3 aliphatic rings. The van der Waals surface area contributed by atoms with Crippen LogP contribution in [0.25, 0.3) is 0 Å². The Bertz CT molecular complexity index is 1350.